The van der Waals surface area contributed by atoms with E-state index in [0.29, 0.717) is 66.9 Å². The van der Waals surface area contributed by atoms with Crippen LogP contribution >= 0.6 is 0 Å². The molecule has 5 rings (SSSR count). The van der Waals surface area contributed by atoms with Crippen LogP contribution in [-0.4, -0.2) is 42.0 Å². The molecule has 9 heteroatoms. The molecule has 0 radical (unpaired) electrons. The molecule has 2 aromatic carbocycles. The van der Waals surface area contributed by atoms with Crippen LogP contribution in [0.15, 0.2) is 48.7 Å². The van der Waals surface area contributed by atoms with Crippen molar-refractivity contribution >= 4 is 5.97 Å². The fourth-order valence-corrected chi connectivity index (χ4v) is 5.11. The maximum absolute atomic E-state index is 15.0. The van der Waals surface area contributed by atoms with Crippen molar-refractivity contribution < 1.29 is 38.0 Å². The molecule has 1 aliphatic heterocycles. The lowest BCUT2D eigenvalue weighted by atomic mass is 9.81. The number of rotatable bonds is 10. The highest BCUT2D eigenvalue weighted by Gasteiger charge is 2.39. The number of carbonyl (C=O) groups is 1. The third-order valence-corrected chi connectivity index (χ3v) is 7.34. The van der Waals surface area contributed by atoms with Crippen molar-refractivity contribution in [1.29, 1.82) is 0 Å². The molecule has 2 atom stereocenters. The highest BCUT2D eigenvalue weighted by atomic mass is 19.1. The van der Waals surface area contributed by atoms with Crippen LogP contribution in [0.25, 0.3) is 0 Å². The average Bonchev–Trinajstić information content (AvgIpc) is 3.47. The number of hydrogen-bond donors (Lipinski definition) is 1. The summed E-state index contributed by atoms with van der Waals surface area (Å²) in [4.78, 5) is 16.2. The summed E-state index contributed by atoms with van der Waals surface area (Å²) in [5.74, 6) is 2.02. The van der Waals surface area contributed by atoms with E-state index in [4.69, 9.17) is 23.7 Å². The summed E-state index contributed by atoms with van der Waals surface area (Å²) in [6.07, 6.45) is 2.95. The molecule has 40 heavy (non-hydrogen) atoms. The van der Waals surface area contributed by atoms with Gasteiger partial charge in [0.05, 0.1) is 38.5 Å². The molecule has 0 amide bonds. The highest BCUT2D eigenvalue weighted by molar-refractivity contribution is 5.72. The number of nitrogens with zero attached hydrogens (tertiary/aromatic N) is 1. The van der Waals surface area contributed by atoms with Crippen LogP contribution in [0.4, 0.5) is 4.39 Å². The molecule has 1 N–H and O–H groups in total. The predicted octanol–water partition coefficient (Wildman–Crippen LogP) is 5.83. The molecule has 1 aromatic heterocycles. The molecule has 0 bridgehead atoms. The first-order valence-electron chi connectivity index (χ1n) is 13.4. The Hall–Kier alpha value is -3.85. The maximum Gasteiger partial charge on any atom is 0.306 e. The second-order valence-corrected chi connectivity index (χ2v) is 11.2. The SMILES string of the molecule is COC(=O)CC1(C)COc2cc(OC3CCc4c(Oc5ccc(OCCC(C)(C)O)cn5)ccc(F)c43)ccc21. The van der Waals surface area contributed by atoms with Crippen LogP contribution in [0.2, 0.25) is 0 Å². The van der Waals surface area contributed by atoms with Crippen LogP contribution < -0.4 is 18.9 Å². The number of pyridine rings is 1. The molecule has 0 saturated heterocycles. The Bertz CT molecular complexity index is 1390. The Morgan fingerprint density at radius 2 is 2.00 bits per heavy atom. The Morgan fingerprint density at radius 3 is 2.73 bits per heavy atom. The van der Waals surface area contributed by atoms with Gasteiger partial charge in [-0.2, -0.15) is 0 Å². The topological polar surface area (TPSA) is 96.3 Å². The van der Waals surface area contributed by atoms with Crippen molar-refractivity contribution in [2.24, 2.45) is 0 Å². The number of aromatic nitrogens is 1. The summed E-state index contributed by atoms with van der Waals surface area (Å²) >= 11 is 0. The molecule has 8 nitrogen and oxygen atoms in total. The van der Waals surface area contributed by atoms with Gasteiger partial charge in [-0.15, -0.1) is 0 Å². The third-order valence-electron chi connectivity index (χ3n) is 7.34. The number of carbonyl (C=O) groups excluding carboxylic acids is 1. The molecule has 2 heterocycles. The van der Waals surface area contributed by atoms with Gasteiger partial charge >= 0.3 is 5.97 Å². The number of halogens is 1. The van der Waals surface area contributed by atoms with Crippen molar-refractivity contribution in [1.82, 2.24) is 4.98 Å². The first-order valence-corrected chi connectivity index (χ1v) is 13.4. The molecular weight excluding hydrogens is 517 g/mol. The van der Waals surface area contributed by atoms with Crippen LogP contribution in [-0.2, 0) is 21.4 Å². The van der Waals surface area contributed by atoms with Crippen LogP contribution in [0.3, 0.4) is 0 Å². The first-order chi connectivity index (χ1) is 19.0. The van der Waals surface area contributed by atoms with E-state index in [1.807, 2.05) is 19.1 Å². The van der Waals surface area contributed by atoms with E-state index in [0.717, 1.165) is 11.1 Å². The molecule has 2 unspecified atom stereocenters. The quantitative estimate of drug-likeness (QED) is 0.315. The van der Waals surface area contributed by atoms with Gasteiger partial charge in [0.15, 0.2) is 0 Å². The normalized spacial score (nSPS) is 19.4. The summed E-state index contributed by atoms with van der Waals surface area (Å²) in [5.41, 5.74) is 0.859. The summed E-state index contributed by atoms with van der Waals surface area (Å²) in [6.45, 7) is 6.15. The second kappa shape index (κ2) is 11.0. The molecule has 0 saturated carbocycles. The number of hydrogen-bond acceptors (Lipinski definition) is 8. The van der Waals surface area contributed by atoms with E-state index in [-0.39, 0.29) is 18.2 Å². The fourth-order valence-electron chi connectivity index (χ4n) is 5.11. The maximum atomic E-state index is 15.0. The van der Waals surface area contributed by atoms with Crippen molar-refractivity contribution in [2.45, 2.75) is 63.6 Å². The van der Waals surface area contributed by atoms with E-state index >= 15 is 4.39 Å². The lowest BCUT2D eigenvalue weighted by molar-refractivity contribution is -0.142. The lowest BCUT2D eigenvalue weighted by Gasteiger charge is -2.21. The number of esters is 1. The standard InChI is InChI=1S/C31H34FNO7/c1-30(2,35)13-14-37-20-6-12-27(33-17-20)40-24-11-9-23(32)29-21(24)7-10-25(29)39-19-5-8-22-26(15-19)38-18-31(22,3)16-28(34)36-4/h5-6,8-9,11-12,15,17,25,35H,7,10,13-14,16,18H2,1-4H3. The Morgan fingerprint density at radius 1 is 1.20 bits per heavy atom. The van der Waals surface area contributed by atoms with E-state index < -0.39 is 17.1 Å². The third kappa shape index (κ3) is 5.99. The zero-order chi connectivity index (χ0) is 28.5. The van der Waals surface area contributed by atoms with Crippen LogP contribution in [0.1, 0.15) is 62.8 Å². The molecule has 3 aromatic rings. The van der Waals surface area contributed by atoms with E-state index in [1.165, 1.54) is 13.2 Å². The molecule has 2 aliphatic rings. The van der Waals surface area contributed by atoms with Crippen molar-refractivity contribution in [2.75, 3.05) is 20.3 Å². The largest absolute Gasteiger partial charge is 0.492 e. The molecule has 212 valence electrons. The minimum Gasteiger partial charge on any atom is -0.492 e. The summed E-state index contributed by atoms with van der Waals surface area (Å²) < 4.78 is 43.7. The van der Waals surface area contributed by atoms with E-state index in [9.17, 15) is 9.90 Å². The highest BCUT2D eigenvalue weighted by Crippen LogP contribution is 2.46. The Labute approximate surface area is 233 Å². The minimum absolute atomic E-state index is 0.216. The van der Waals surface area contributed by atoms with E-state index in [1.54, 1.807) is 44.3 Å². The Kier molecular flexibility index (Phi) is 7.59. The predicted molar refractivity (Wildman–Crippen MR) is 145 cm³/mol. The van der Waals surface area contributed by atoms with Gasteiger partial charge in [-0.3, -0.25) is 4.79 Å². The number of methoxy groups -OCH3 is 1. The van der Waals surface area contributed by atoms with Gasteiger partial charge in [0, 0.05) is 40.7 Å². The Balaban J connectivity index is 1.27. The number of ether oxygens (including phenoxy) is 5. The number of aliphatic hydroxyl groups is 1. The van der Waals surface area contributed by atoms with Gasteiger partial charge < -0.3 is 28.8 Å². The van der Waals surface area contributed by atoms with Crippen molar-refractivity contribution in [3.8, 4) is 28.9 Å². The van der Waals surface area contributed by atoms with Crippen molar-refractivity contribution in [3.05, 3.63) is 71.2 Å². The second-order valence-electron chi connectivity index (χ2n) is 11.2. The zero-order valence-electron chi connectivity index (χ0n) is 23.2. The number of fused-ring (bicyclic) bond motifs is 2. The molecule has 0 fully saturated rings. The summed E-state index contributed by atoms with van der Waals surface area (Å²) in [5, 5.41) is 9.82. The van der Waals surface area contributed by atoms with E-state index in [2.05, 4.69) is 4.98 Å². The van der Waals surface area contributed by atoms with Gasteiger partial charge in [-0.05, 0) is 51.0 Å². The van der Waals surface area contributed by atoms with Gasteiger partial charge in [-0.1, -0.05) is 13.0 Å². The average molecular weight is 552 g/mol. The molecular formula is C31H34FNO7. The van der Waals surface area contributed by atoms with Gasteiger partial charge in [0.25, 0.3) is 0 Å². The van der Waals surface area contributed by atoms with Gasteiger partial charge in [-0.25, -0.2) is 9.37 Å². The van der Waals surface area contributed by atoms with Gasteiger partial charge in [0.1, 0.15) is 34.9 Å². The zero-order valence-corrected chi connectivity index (χ0v) is 23.2. The number of benzene rings is 2. The summed E-state index contributed by atoms with van der Waals surface area (Å²) in [7, 11) is 1.37. The first kappa shape index (κ1) is 27.7. The fraction of sp³-hybridized carbons (Fsp3) is 0.419. The smallest absolute Gasteiger partial charge is 0.306 e. The monoisotopic (exact) mass is 551 g/mol. The molecule has 0 spiro atoms. The minimum atomic E-state index is -0.803. The van der Waals surface area contributed by atoms with Gasteiger partial charge in [0.2, 0.25) is 5.88 Å². The summed E-state index contributed by atoms with van der Waals surface area (Å²) in [6, 6.07) is 11.9. The molecule has 1 aliphatic carbocycles. The van der Waals surface area contributed by atoms with Crippen LogP contribution in [0.5, 0.6) is 28.9 Å². The van der Waals surface area contributed by atoms with Crippen molar-refractivity contribution in [3.63, 3.8) is 0 Å². The lowest BCUT2D eigenvalue weighted by Crippen LogP contribution is -2.27. The van der Waals surface area contributed by atoms with Crippen LogP contribution in [0, 0.1) is 5.82 Å².